The van der Waals surface area contributed by atoms with E-state index in [0.29, 0.717) is 19.4 Å². The summed E-state index contributed by atoms with van der Waals surface area (Å²) in [4.78, 5) is 28.0. The number of carbonyl (C=O) groups is 2. The van der Waals surface area contributed by atoms with E-state index < -0.39 is 5.54 Å². The van der Waals surface area contributed by atoms with Crippen molar-refractivity contribution in [2.24, 2.45) is 0 Å². The van der Waals surface area contributed by atoms with E-state index in [-0.39, 0.29) is 11.9 Å². The summed E-state index contributed by atoms with van der Waals surface area (Å²) < 4.78 is 0. The molecule has 0 unspecified atom stereocenters. The Morgan fingerprint density at radius 2 is 1.72 bits per heavy atom. The summed E-state index contributed by atoms with van der Waals surface area (Å²) in [5, 5.41) is 2.46. The van der Waals surface area contributed by atoms with Gasteiger partial charge in [0.2, 0.25) is 0 Å². The van der Waals surface area contributed by atoms with Gasteiger partial charge in [0.25, 0.3) is 5.91 Å². The van der Waals surface area contributed by atoms with Gasteiger partial charge >= 0.3 is 6.03 Å². The van der Waals surface area contributed by atoms with Crippen molar-refractivity contribution in [1.29, 1.82) is 0 Å². The summed E-state index contributed by atoms with van der Waals surface area (Å²) in [5.41, 5.74) is -0.614. The molecule has 1 N–H and O–H groups in total. The Balaban J connectivity index is 2.03. The Hall–Kier alpha value is -1.10. The van der Waals surface area contributed by atoms with E-state index in [4.69, 9.17) is 0 Å². The second-order valence-electron chi connectivity index (χ2n) is 5.20. The molecule has 2 aliphatic heterocycles. The van der Waals surface area contributed by atoms with Gasteiger partial charge < -0.3 is 9.80 Å². The Morgan fingerprint density at radius 3 is 2.28 bits per heavy atom. The third-order valence-electron chi connectivity index (χ3n) is 4.41. The molecule has 0 bridgehead atoms. The van der Waals surface area contributed by atoms with E-state index in [1.165, 1.54) is 12.8 Å². The number of imide groups is 1. The average Bonchev–Trinajstić information content (AvgIpc) is 2.94. The Labute approximate surface area is 108 Å². The molecular formula is C13H23N3O2. The fourth-order valence-corrected chi connectivity index (χ4v) is 3.11. The van der Waals surface area contributed by atoms with Crippen molar-refractivity contribution in [2.45, 2.75) is 45.1 Å². The van der Waals surface area contributed by atoms with Gasteiger partial charge in [-0.2, -0.15) is 0 Å². The maximum absolute atomic E-state index is 12.0. The van der Waals surface area contributed by atoms with Crippen LogP contribution in [0, 0.1) is 0 Å². The van der Waals surface area contributed by atoms with Gasteiger partial charge in [0, 0.05) is 13.1 Å². The SMILES string of the molecule is CCC1(CC)C(=O)NC(=O)N1CCN1CCCC1. The van der Waals surface area contributed by atoms with Gasteiger partial charge in [0.1, 0.15) is 5.54 Å². The maximum Gasteiger partial charge on any atom is 0.325 e. The van der Waals surface area contributed by atoms with Crippen LogP contribution in [0.3, 0.4) is 0 Å². The molecule has 0 saturated carbocycles. The first-order valence-electron chi connectivity index (χ1n) is 6.99. The molecule has 0 radical (unpaired) electrons. The lowest BCUT2D eigenvalue weighted by Crippen LogP contribution is -2.50. The lowest BCUT2D eigenvalue weighted by Gasteiger charge is -2.34. The number of rotatable bonds is 5. The number of likely N-dealkylation sites (tertiary alicyclic amines) is 1. The number of hydrogen-bond donors (Lipinski definition) is 1. The molecule has 2 heterocycles. The van der Waals surface area contributed by atoms with Crippen LogP contribution >= 0.6 is 0 Å². The first-order valence-corrected chi connectivity index (χ1v) is 6.99. The highest BCUT2D eigenvalue weighted by atomic mass is 16.2. The minimum absolute atomic E-state index is 0.126. The number of amides is 3. The fraction of sp³-hybridized carbons (Fsp3) is 0.846. The summed E-state index contributed by atoms with van der Waals surface area (Å²) in [6, 6.07) is -0.220. The van der Waals surface area contributed by atoms with Crippen LogP contribution in [0.4, 0.5) is 4.79 Å². The molecule has 0 aromatic rings. The van der Waals surface area contributed by atoms with Crippen LogP contribution in [0.25, 0.3) is 0 Å². The summed E-state index contributed by atoms with van der Waals surface area (Å²) >= 11 is 0. The first-order chi connectivity index (χ1) is 8.64. The molecule has 5 heteroatoms. The summed E-state index contributed by atoms with van der Waals surface area (Å²) in [6.45, 7) is 7.72. The molecule has 0 spiro atoms. The summed E-state index contributed by atoms with van der Waals surface area (Å²) in [6.07, 6.45) is 3.86. The zero-order valence-corrected chi connectivity index (χ0v) is 11.4. The van der Waals surface area contributed by atoms with E-state index in [1.807, 2.05) is 13.8 Å². The van der Waals surface area contributed by atoms with Gasteiger partial charge in [0.15, 0.2) is 0 Å². The van der Waals surface area contributed by atoms with Crippen LogP contribution in [0.15, 0.2) is 0 Å². The van der Waals surface area contributed by atoms with Crippen LogP contribution < -0.4 is 5.32 Å². The highest BCUT2D eigenvalue weighted by Gasteiger charge is 2.49. The van der Waals surface area contributed by atoms with E-state index in [9.17, 15) is 9.59 Å². The molecule has 3 amide bonds. The number of carbonyl (C=O) groups excluding carboxylic acids is 2. The Kier molecular flexibility index (Phi) is 3.90. The lowest BCUT2D eigenvalue weighted by atomic mass is 9.91. The zero-order chi connectivity index (χ0) is 13.2. The van der Waals surface area contributed by atoms with E-state index in [1.54, 1.807) is 4.90 Å². The molecule has 2 fully saturated rings. The van der Waals surface area contributed by atoms with Crippen LogP contribution in [-0.2, 0) is 4.79 Å². The predicted octanol–water partition coefficient (Wildman–Crippen LogP) is 1.19. The molecule has 2 rings (SSSR count). The molecular weight excluding hydrogens is 230 g/mol. The Bertz CT molecular complexity index is 333. The van der Waals surface area contributed by atoms with Crippen LogP contribution in [-0.4, -0.2) is 53.5 Å². The third-order valence-corrected chi connectivity index (χ3v) is 4.41. The van der Waals surface area contributed by atoms with Gasteiger partial charge in [-0.15, -0.1) is 0 Å². The second kappa shape index (κ2) is 5.26. The predicted molar refractivity (Wildman–Crippen MR) is 69.2 cm³/mol. The van der Waals surface area contributed by atoms with Crippen molar-refractivity contribution in [3.05, 3.63) is 0 Å². The van der Waals surface area contributed by atoms with E-state index in [2.05, 4.69) is 10.2 Å². The smallest absolute Gasteiger partial charge is 0.308 e. The molecule has 2 aliphatic rings. The largest absolute Gasteiger partial charge is 0.325 e. The number of hydrogen-bond acceptors (Lipinski definition) is 3. The van der Waals surface area contributed by atoms with E-state index >= 15 is 0 Å². The van der Waals surface area contributed by atoms with Gasteiger partial charge in [0.05, 0.1) is 0 Å². The normalized spacial score (nSPS) is 23.8. The minimum atomic E-state index is -0.614. The molecule has 18 heavy (non-hydrogen) atoms. The number of nitrogens with zero attached hydrogens (tertiary/aromatic N) is 2. The maximum atomic E-state index is 12.0. The highest BCUT2D eigenvalue weighted by molar-refractivity contribution is 6.06. The van der Waals surface area contributed by atoms with Crippen molar-refractivity contribution in [2.75, 3.05) is 26.2 Å². The molecule has 5 nitrogen and oxygen atoms in total. The first kappa shape index (κ1) is 13.3. The van der Waals surface area contributed by atoms with Crippen molar-refractivity contribution in [1.82, 2.24) is 15.1 Å². The molecule has 0 aromatic carbocycles. The topological polar surface area (TPSA) is 52.7 Å². The quantitative estimate of drug-likeness (QED) is 0.749. The molecule has 0 atom stereocenters. The Morgan fingerprint density at radius 1 is 1.11 bits per heavy atom. The standard InChI is InChI=1S/C13H23N3O2/c1-3-13(4-2)11(17)14-12(18)16(13)10-9-15-7-5-6-8-15/h3-10H2,1-2H3,(H,14,17,18). The van der Waals surface area contributed by atoms with Gasteiger partial charge in [-0.3, -0.25) is 10.1 Å². The molecule has 102 valence electrons. The van der Waals surface area contributed by atoms with Crippen molar-refractivity contribution >= 4 is 11.9 Å². The van der Waals surface area contributed by atoms with Gasteiger partial charge in [-0.05, 0) is 38.8 Å². The average molecular weight is 253 g/mol. The third kappa shape index (κ3) is 2.11. The van der Waals surface area contributed by atoms with Crippen LogP contribution in [0.2, 0.25) is 0 Å². The zero-order valence-electron chi connectivity index (χ0n) is 11.4. The molecule has 0 aliphatic carbocycles. The fourth-order valence-electron chi connectivity index (χ4n) is 3.11. The van der Waals surface area contributed by atoms with Crippen molar-refractivity contribution in [3.8, 4) is 0 Å². The lowest BCUT2D eigenvalue weighted by molar-refractivity contribution is -0.127. The van der Waals surface area contributed by atoms with Crippen molar-refractivity contribution < 1.29 is 9.59 Å². The minimum Gasteiger partial charge on any atom is -0.308 e. The van der Waals surface area contributed by atoms with Crippen LogP contribution in [0.5, 0.6) is 0 Å². The van der Waals surface area contributed by atoms with Gasteiger partial charge in [-0.1, -0.05) is 13.8 Å². The van der Waals surface area contributed by atoms with Crippen molar-refractivity contribution in [3.63, 3.8) is 0 Å². The van der Waals surface area contributed by atoms with E-state index in [0.717, 1.165) is 19.6 Å². The summed E-state index contributed by atoms with van der Waals surface area (Å²) in [7, 11) is 0. The molecule has 0 aromatic heterocycles. The highest BCUT2D eigenvalue weighted by Crippen LogP contribution is 2.29. The number of urea groups is 1. The number of nitrogens with one attached hydrogen (secondary N) is 1. The second-order valence-corrected chi connectivity index (χ2v) is 5.20. The molecule has 2 saturated heterocycles. The monoisotopic (exact) mass is 253 g/mol. The van der Waals surface area contributed by atoms with Gasteiger partial charge in [-0.25, -0.2) is 4.79 Å². The van der Waals surface area contributed by atoms with Crippen LogP contribution in [0.1, 0.15) is 39.5 Å². The summed E-state index contributed by atoms with van der Waals surface area (Å²) in [5.74, 6) is -0.126.